The molecule has 0 spiro atoms. The summed E-state index contributed by atoms with van der Waals surface area (Å²) in [6.07, 6.45) is 4.45. The molecule has 4 aromatic carbocycles. The maximum Gasteiger partial charge on any atom is 0.257 e. The average Bonchev–Trinajstić information content (AvgIpc) is 3.38. The number of methoxy groups -OCH3 is 2. The van der Waals surface area contributed by atoms with E-state index < -0.39 is 6.23 Å². The topological polar surface area (TPSA) is 115 Å². The monoisotopic (exact) mass is 688 g/mol. The van der Waals surface area contributed by atoms with Crippen molar-refractivity contribution in [3.05, 3.63) is 106 Å². The summed E-state index contributed by atoms with van der Waals surface area (Å²) in [4.78, 5) is 27.0. The van der Waals surface area contributed by atoms with Crippen LogP contribution in [0.3, 0.4) is 0 Å². The van der Waals surface area contributed by atoms with Crippen LogP contribution < -0.4 is 18.9 Å². The molecule has 262 valence electrons. The van der Waals surface area contributed by atoms with Gasteiger partial charge in [-0.05, 0) is 47.2 Å². The third kappa shape index (κ3) is 6.44. The summed E-state index contributed by atoms with van der Waals surface area (Å²) in [6, 6.07) is 23.5. The summed E-state index contributed by atoms with van der Waals surface area (Å²) in [7, 11) is 3.13. The van der Waals surface area contributed by atoms with E-state index in [0.29, 0.717) is 71.8 Å². The third-order valence-electron chi connectivity index (χ3n) is 10.0. The highest BCUT2D eigenvalue weighted by Crippen LogP contribution is 2.42. The Morgan fingerprint density at radius 3 is 1.94 bits per heavy atom. The second-order valence-electron chi connectivity index (χ2n) is 13.0. The van der Waals surface area contributed by atoms with Gasteiger partial charge in [-0.2, -0.15) is 0 Å². The van der Waals surface area contributed by atoms with E-state index >= 15 is 0 Å². The van der Waals surface area contributed by atoms with Gasteiger partial charge in [0.15, 0.2) is 23.0 Å². The number of ether oxygens (including phenoxy) is 5. The fourth-order valence-corrected chi connectivity index (χ4v) is 7.32. The van der Waals surface area contributed by atoms with Gasteiger partial charge in [-0.15, -0.1) is 0 Å². The first-order valence-corrected chi connectivity index (χ1v) is 17.2. The molecule has 2 unspecified atom stereocenters. The van der Waals surface area contributed by atoms with Crippen LogP contribution >= 0.6 is 0 Å². The van der Waals surface area contributed by atoms with E-state index in [4.69, 9.17) is 33.7 Å². The molecule has 1 N–H and O–H groups in total. The minimum absolute atomic E-state index is 0.0185. The molecule has 3 atom stereocenters. The van der Waals surface area contributed by atoms with Gasteiger partial charge >= 0.3 is 0 Å². The Labute approximate surface area is 296 Å². The first-order chi connectivity index (χ1) is 25.0. The van der Waals surface area contributed by atoms with E-state index in [1.165, 1.54) is 16.7 Å². The van der Waals surface area contributed by atoms with E-state index in [1.54, 1.807) is 32.4 Å². The van der Waals surface area contributed by atoms with Crippen LogP contribution in [0.5, 0.6) is 23.0 Å². The van der Waals surface area contributed by atoms with Crippen LogP contribution in [-0.4, -0.2) is 86.0 Å². The van der Waals surface area contributed by atoms with Gasteiger partial charge in [0, 0.05) is 43.2 Å². The molecule has 0 aromatic heterocycles. The van der Waals surface area contributed by atoms with Crippen molar-refractivity contribution < 1.29 is 33.6 Å². The predicted molar refractivity (Wildman–Crippen MR) is 192 cm³/mol. The second kappa shape index (κ2) is 14.2. The number of rotatable bonds is 10. The van der Waals surface area contributed by atoms with E-state index in [9.17, 15) is 9.90 Å². The van der Waals surface area contributed by atoms with Crippen molar-refractivity contribution in [3.8, 4) is 23.0 Å². The Kier molecular flexibility index (Phi) is 9.16. The number of hydrogen-bond donors (Lipinski definition) is 1. The lowest BCUT2D eigenvalue weighted by Gasteiger charge is -2.37. The smallest absolute Gasteiger partial charge is 0.257 e. The number of fused-ring (bicyclic) bond motifs is 6. The molecule has 0 radical (unpaired) electrons. The van der Waals surface area contributed by atoms with Crippen molar-refractivity contribution >= 4 is 29.7 Å². The fraction of sp³-hybridized carbons (Fsp3) is 0.325. The summed E-state index contributed by atoms with van der Waals surface area (Å²) in [6.45, 7) is 2.31. The molecule has 0 bridgehead atoms. The molecule has 4 aromatic rings. The van der Waals surface area contributed by atoms with E-state index in [1.807, 2.05) is 47.7 Å². The number of carbonyl (C=O) groups excluding carboxylic acids is 1. The van der Waals surface area contributed by atoms with E-state index in [2.05, 4.69) is 29.2 Å². The van der Waals surface area contributed by atoms with Crippen molar-refractivity contribution in [3.63, 3.8) is 0 Å². The van der Waals surface area contributed by atoms with E-state index in [0.717, 1.165) is 18.4 Å². The van der Waals surface area contributed by atoms with Crippen LogP contribution in [0.1, 0.15) is 44.4 Å². The molecular weight excluding hydrogens is 648 g/mol. The number of benzene rings is 4. The van der Waals surface area contributed by atoms with Gasteiger partial charge in [-0.1, -0.05) is 48.5 Å². The number of nitrogens with zero attached hydrogens (tertiary/aromatic N) is 4. The summed E-state index contributed by atoms with van der Waals surface area (Å²) < 4.78 is 29.2. The maximum absolute atomic E-state index is 13.6. The van der Waals surface area contributed by atoms with Gasteiger partial charge in [0.25, 0.3) is 5.91 Å². The fourth-order valence-electron chi connectivity index (χ4n) is 7.32. The largest absolute Gasteiger partial charge is 0.493 e. The zero-order valence-electron chi connectivity index (χ0n) is 28.7. The molecule has 11 nitrogen and oxygen atoms in total. The van der Waals surface area contributed by atoms with Crippen molar-refractivity contribution in [2.24, 2.45) is 9.98 Å². The van der Waals surface area contributed by atoms with Crippen LogP contribution in [0, 0.1) is 0 Å². The number of amides is 1. The quantitative estimate of drug-likeness (QED) is 0.215. The zero-order chi connectivity index (χ0) is 34.9. The van der Waals surface area contributed by atoms with Crippen LogP contribution in [0.2, 0.25) is 0 Å². The van der Waals surface area contributed by atoms with Gasteiger partial charge in [-0.25, -0.2) is 0 Å². The van der Waals surface area contributed by atoms with Crippen molar-refractivity contribution in [1.29, 1.82) is 0 Å². The van der Waals surface area contributed by atoms with Gasteiger partial charge in [0.1, 0.15) is 19.4 Å². The first-order valence-electron chi connectivity index (χ1n) is 17.2. The Morgan fingerprint density at radius 2 is 1.25 bits per heavy atom. The highest BCUT2D eigenvalue weighted by molar-refractivity contribution is 6.03. The van der Waals surface area contributed by atoms with Crippen molar-refractivity contribution in [2.45, 2.75) is 44.2 Å². The SMILES string of the molecule is COc1cc2c(cc1OCCOCCOc1cc3c(cc1OC)C(O)N1Cc4ccccc4CC1C=N3)N=C[C@@H]1Cc3ccccc3CN1C2=O. The first kappa shape index (κ1) is 32.9. The molecule has 0 saturated heterocycles. The minimum Gasteiger partial charge on any atom is -0.493 e. The summed E-state index contributed by atoms with van der Waals surface area (Å²) in [5, 5.41) is 11.4. The minimum atomic E-state index is -0.836. The molecule has 4 heterocycles. The molecule has 51 heavy (non-hydrogen) atoms. The van der Waals surface area contributed by atoms with Gasteiger partial charge < -0.3 is 33.7 Å². The highest BCUT2D eigenvalue weighted by atomic mass is 16.6. The Balaban J connectivity index is 0.862. The lowest BCUT2D eigenvalue weighted by atomic mass is 9.94. The molecule has 8 rings (SSSR count). The Bertz CT molecular complexity index is 2010. The number of carbonyl (C=O) groups is 1. The predicted octanol–water partition coefficient (Wildman–Crippen LogP) is 5.59. The van der Waals surface area contributed by atoms with Gasteiger partial charge in [0.05, 0.1) is 56.5 Å². The van der Waals surface area contributed by atoms with Gasteiger partial charge in [-0.3, -0.25) is 19.7 Å². The lowest BCUT2D eigenvalue weighted by Crippen LogP contribution is -2.44. The second-order valence-corrected chi connectivity index (χ2v) is 13.0. The Hall–Kier alpha value is -5.23. The number of aliphatic hydroxyl groups is 1. The summed E-state index contributed by atoms with van der Waals surface area (Å²) >= 11 is 0. The summed E-state index contributed by atoms with van der Waals surface area (Å²) in [5.41, 5.74) is 7.25. The van der Waals surface area contributed by atoms with Gasteiger partial charge in [0.2, 0.25) is 0 Å². The van der Waals surface area contributed by atoms with Crippen LogP contribution in [0.4, 0.5) is 11.4 Å². The van der Waals surface area contributed by atoms with Crippen molar-refractivity contribution in [1.82, 2.24) is 9.80 Å². The molecule has 1 amide bonds. The van der Waals surface area contributed by atoms with Crippen molar-refractivity contribution in [2.75, 3.05) is 40.6 Å². The Morgan fingerprint density at radius 1 is 0.686 bits per heavy atom. The molecule has 0 fully saturated rings. The standard InChI is InChI=1S/C40H40N4O7/c1-47-35-17-31-33(41-21-29-15-25-7-3-5-9-27(25)23-43(29)39(31)45)19-37(35)50-13-11-49-12-14-51-38-20-34-32(18-36(38)48-2)40(46)44-24-28-10-6-4-8-26(28)16-30(44)22-42-34/h3-10,17-22,29-30,39,45H,11-16,23-24H2,1-2H3/t29?,30-,39?/m0/s1. The van der Waals surface area contributed by atoms with E-state index in [-0.39, 0.29) is 31.2 Å². The number of aliphatic imine (C=N–C) groups is 2. The normalized spacial score (nSPS) is 20.1. The molecule has 4 aliphatic rings. The molecule has 11 heteroatoms. The zero-order valence-corrected chi connectivity index (χ0v) is 28.7. The van der Waals surface area contributed by atoms with Crippen LogP contribution in [0.25, 0.3) is 0 Å². The number of hydrogen-bond acceptors (Lipinski definition) is 10. The molecule has 0 aliphatic carbocycles. The molecular formula is C40H40N4O7. The van der Waals surface area contributed by atoms with Crippen LogP contribution in [0.15, 0.2) is 82.8 Å². The summed E-state index contributed by atoms with van der Waals surface area (Å²) in [5.74, 6) is 1.90. The third-order valence-corrected chi connectivity index (χ3v) is 10.0. The highest BCUT2D eigenvalue weighted by Gasteiger charge is 2.35. The molecule has 4 aliphatic heterocycles. The van der Waals surface area contributed by atoms with Crippen LogP contribution in [-0.2, 0) is 30.7 Å². The molecule has 0 saturated carbocycles. The maximum atomic E-state index is 13.6. The average molecular weight is 689 g/mol. The number of aliphatic hydroxyl groups excluding tert-OH is 1. The lowest BCUT2D eigenvalue weighted by molar-refractivity contribution is -0.0198.